The van der Waals surface area contributed by atoms with E-state index in [-0.39, 0.29) is 6.04 Å². The highest BCUT2D eigenvalue weighted by molar-refractivity contribution is 5.39. The molecule has 1 atom stereocenters. The first-order chi connectivity index (χ1) is 8.29. The van der Waals surface area contributed by atoms with Gasteiger partial charge in [-0.25, -0.2) is 4.98 Å². The molecular formula is C14H23N3. The Kier molecular flexibility index (Phi) is 4.37. The maximum absolute atomic E-state index is 5.95. The maximum atomic E-state index is 5.95. The zero-order valence-electron chi connectivity index (χ0n) is 10.7. The number of aromatic nitrogens is 1. The van der Waals surface area contributed by atoms with Crippen LogP contribution in [0.1, 0.15) is 38.2 Å². The molecule has 1 saturated heterocycles. The highest BCUT2D eigenvalue weighted by atomic mass is 15.2. The van der Waals surface area contributed by atoms with Gasteiger partial charge in [0.1, 0.15) is 5.82 Å². The average molecular weight is 233 g/mol. The molecule has 94 valence electrons. The van der Waals surface area contributed by atoms with Crippen molar-refractivity contribution in [1.82, 2.24) is 4.98 Å². The molecule has 0 spiro atoms. The summed E-state index contributed by atoms with van der Waals surface area (Å²) in [6, 6.07) is 4.58. The van der Waals surface area contributed by atoms with Gasteiger partial charge in [0.2, 0.25) is 0 Å². The molecule has 1 aromatic heterocycles. The molecule has 1 aliphatic heterocycles. The number of piperidine rings is 1. The number of hydrogen-bond acceptors (Lipinski definition) is 3. The Morgan fingerprint density at radius 3 is 2.65 bits per heavy atom. The van der Waals surface area contributed by atoms with E-state index in [2.05, 4.69) is 28.9 Å². The maximum Gasteiger partial charge on any atom is 0.128 e. The van der Waals surface area contributed by atoms with Crippen molar-refractivity contribution >= 4 is 5.82 Å². The summed E-state index contributed by atoms with van der Waals surface area (Å²) in [5, 5.41) is 0. The Morgan fingerprint density at radius 2 is 2.06 bits per heavy atom. The minimum atomic E-state index is 0.262. The largest absolute Gasteiger partial charge is 0.357 e. The van der Waals surface area contributed by atoms with Crippen molar-refractivity contribution in [2.75, 3.05) is 18.0 Å². The van der Waals surface area contributed by atoms with E-state index in [1.54, 1.807) is 0 Å². The third kappa shape index (κ3) is 3.43. The SMILES string of the molecule is CCC(N)Cc1ccc(N2CCCCC2)nc1. The third-order valence-corrected chi connectivity index (χ3v) is 3.51. The van der Waals surface area contributed by atoms with Gasteiger partial charge in [0.15, 0.2) is 0 Å². The Balaban J connectivity index is 1.97. The lowest BCUT2D eigenvalue weighted by Gasteiger charge is -2.27. The first-order valence-corrected chi connectivity index (χ1v) is 6.75. The van der Waals surface area contributed by atoms with Gasteiger partial charge < -0.3 is 10.6 Å². The predicted octanol–water partition coefficient (Wildman–Crippen LogP) is 2.35. The molecule has 0 saturated carbocycles. The second-order valence-corrected chi connectivity index (χ2v) is 4.94. The van der Waals surface area contributed by atoms with Crippen molar-refractivity contribution in [3.63, 3.8) is 0 Å². The Hall–Kier alpha value is -1.09. The van der Waals surface area contributed by atoms with E-state index >= 15 is 0 Å². The molecule has 2 heterocycles. The lowest BCUT2D eigenvalue weighted by molar-refractivity contribution is 0.573. The molecule has 3 nitrogen and oxygen atoms in total. The van der Waals surface area contributed by atoms with Gasteiger partial charge in [0.25, 0.3) is 0 Å². The summed E-state index contributed by atoms with van der Waals surface area (Å²) in [5.41, 5.74) is 7.20. The lowest BCUT2D eigenvalue weighted by atomic mass is 10.1. The second-order valence-electron chi connectivity index (χ2n) is 4.94. The molecule has 1 fully saturated rings. The van der Waals surface area contributed by atoms with Crippen LogP contribution in [0.3, 0.4) is 0 Å². The van der Waals surface area contributed by atoms with E-state index in [0.717, 1.165) is 31.7 Å². The first-order valence-electron chi connectivity index (χ1n) is 6.75. The fourth-order valence-electron chi connectivity index (χ4n) is 2.29. The molecule has 3 heteroatoms. The number of anilines is 1. The number of nitrogens with zero attached hydrogens (tertiary/aromatic N) is 2. The van der Waals surface area contributed by atoms with Crippen LogP contribution < -0.4 is 10.6 Å². The smallest absolute Gasteiger partial charge is 0.128 e. The number of pyridine rings is 1. The zero-order valence-corrected chi connectivity index (χ0v) is 10.7. The third-order valence-electron chi connectivity index (χ3n) is 3.51. The van der Waals surface area contributed by atoms with Crippen LogP contribution in [0.25, 0.3) is 0 Å². The molecule has 17 heavy (non-hydrogen) atoms. The fraction of sp³-hybridized carbons (Fsp3) is 0.643. The molecule has 0 amide bonds. The summed E-state index contributed by atoms with van der Waals surface area (Å²) in [6.45, 7) is 4.43. The summed E-state index contributed by atoms with van der Waals surface area (Å²) in [7, 11) is 0. The van der Waals surface area contributed by atoms with E-state index in [1.165, 1.54) is 24.8 Å². The number of hydrogen-bond donors (Lipinski definition) is 1. The highest BCUT2D eigenvalue weighted by Crippen LogP contribution is 2.17. The molecule has 1 aromatic rings. The minimum Gasteiger partial charge on any atom is -0.357 e. The summed E-state index contributed by atoms with van der Waals surface area (Å²) < 4.78 is 0. The van der Waals surface area contributed by atoms with Crippen LogP contribution in [0.2, 0.25) is 0 Å². The van der Waals surface area contributed by atoms with Gasteiger partial charge in [-0.15, -0.1) is 0 Å². The predicted molar refractivity (Wildman–Crippen MR) is 72.3 cm³/mol. The van der Waals surface area contributed by atoms with Gasteiger partial charge in [0, 0.05) is 25.3 Å². The molecule has 0 bridgehead atoms. The van der Waals surface area contributed by atoms with E-state index in [9.17, 15) is 0 Å². The van der Waals surface area contributed by atoms with Crippen molar-refractivity contribution in [2.45, 2.75) is 45.1 Å². The minimum absolute atomic E-state index is 0.262. The highest BCUT2D eigenvalue weighted by Gasteiger charge is 2.11. The van der Waals surface area contributed by atoms with Crippen LogP contribution >= 0.6 is 0 Å². The van der Waals surface area contributed by atoms with Crippen molar-refractivity contribution in [3.8, 4) is 0 Å². The van der Waals surface area contributed by atoms with E-state index in [1.807, 2.05) is 6.20 Å². The number of nitrogens with two attached hydrogens (primary N) is 1. The van der Waals surface area contributed by atoms with Gasteiger partial charge in [-0.05, 0) is 43.7 Å². The van der Waals surface area contributed by atoms with Crippen LogP contribution in [-0.4, -0.2) is 24.1 Å². The summed E-state index contributed by atoms with van der Waals surface area (Å²) in [6.07, 6.45) is 7.89. The normalized spacial score (nSPS) is 18.1. The molecule has 2 N–H and O–H groups in total. The standard InChI is InChI=1S/C14H23N3/c1-2-13(15)10-12-6-7-14(16-11-12)17-8-4-3-5-9-17/h6-7,11,13H,2-5,8-10,15H2,1H3. The molecule has 0 aliphatic carbocycles. The molecular weight excluding hydrogens is 210 g/mol. The van der Waals surface area contributed by atoms with E-state index in [4.69, 9.17) is 5.73 Å². The molecule has 0 aromatic carbocycles. The summed E-state index contributed by atoms with van der Waals surface area (Å²) >= 11 is 0. The number of rotatable bonds is 4. The van der Waals surface area contributed by atoms with Crippen molar-refractivity contribution in [1.29, 1.82) is 0 Å². The average Bonchev–Trinajstić information content (AvgIpc) is 2.40. The lowest BCUT2D eigenvalue weighted by Crippen LogP contribution is -2.30. The van der Waals surface area contributed by atoms with Crippen LogP contribution in [0, 0.1) is 0 Å². The van der Waals surface area contributed by atoms with Crippen molar-refractivity contribution < 1.29 is 0 Å². The Labute approximate surface area is 104 Å². The van der Waals surface area contributed by atoms with Crippen LogP contribution in [-0.2, 0) is 6.42 Å². The van der Waals surface area contributed by atoms with Crippen LogP contribution in [0.4, 0.5) is 5.82 Å². The molecule has 1 unspecified atom stereocenters. The monoisotopic (exact) mass is 233 g/mol. The Morgan fingerprint density at radius 1 is 1.29 bits per heavy atom. The second kappa shape index (κ2) is 6.01. The van der Waals surface area contributed by atoms with Crippen LogP contribution in [0.15, 0.2) is 18.3 Å². The summed E-state index contributed by atoms with van der Waals surface area (Å²) in [4.78, 5) is 6.94. The van der Waals surface area contributed by atoms with Crippen molar-refractivity contribution in [3.05, 3.63) is 23.9 Å². The topological polar surface area (TPSA) is 42.1 Å². The van der Waals surface area contributed by atoms with Gasteiger partial charge in [-0.2, -0.15) is 0 Å². The first kappa shape index (κ1) is 12.4. The quantitative estimate of drug-likeness (QED) is 0.868. The van der Waals surface area contributed by atoms with Gasteiger partial charge in [0.05, 0.1) is 0 Å². The van der Waals surface area contributed by atoms with Crippen LogP contribution in [0.5, 0.6) is 0 Å². The van der Waals surface area contributed by atoms with Gasteiger partial charge in [-0.3, -0.25) is 0 Å². The fourth-order valence-corrected chi connectivity index (χ4v) is 2.29. The van der Waals surface area contributed by atoms with Gasteiger partial charge >= 0.3 is 0 Å². The van der Waals surface area contributed by atoms with E-state index < -0.39 is 0 Å². The van der Waals surface area contributed by atoms with E-state index in [0.29, 0.717) is 0 Å². The Bertz CT molecular complexity index is 328. The van der Waals surface area contributed by atoms with Gasteiger partial charge in [-0.1, -0.05) is 13.0 Å². The zero-order chi connectivity index (χ0) is 12.1. The van der Waals surface area contributed by atoms with Crippen molar-refractivity contribution in [2.24, 2.45) is 5.73 Å². The molecule has 0 radical (unpaired) electrons. The molecule has 1 aliphatic rings. The molecule has 2 rings (SSSR count). The summed E-state index contributed by atoms with van der Waals surface area (Å²) in [5.74, 6) is 1.12.